The third kappa shape index (κ3) is 9.60. The molecular formula is C29H37ClN2O7S. The molecule has 1 aliphatic carbocycles. The van der Waals surface area contributed by atoms with E-state index in [2.05, 4.69) is 30.0 Å². The lowest BCUT2D eigenvalue weighted by Gasteiger charge is -2.34. The lowest BCUT2D eigenvalue weighted by molar-refractivity contribution is -0.124. The summed E-state index contributed by atoms with van der Waals surface area (Å²) in [5, 5.41) is 14.5. The number of hydrogen-bond acceptors (Lipinski definition) is 7. The number of benzene rings is 2. The lowest BCUT2D eigenvalue weighted by Crippen LogP contribution is -2.33. The van der Waals surface area contributed by atoms with Crippen molar-refractivity contribution in [2.75, 3.05) is 32.6 Å². The van der Waals surface area contributed by atoms with Gasteiger partial charge < -0.3 is 19.7 Å². The molecule has 2 aliphatic rings. The molecule has 40 heavy (non-hydrogen) atoms. The van der Waals surface area contributed by atoms with Crippen molar-refractivity contribution >= 4 is 40.7 Å². The molecule has 2 fully saturated rings. The van der Waals surface area contributed by atoms with Crippen LogP contribution in [0, 0.1) is 5.92 Å². The Morgan fingerprint density at radius 3 is 2.38 bits per heavy atom. The first kappa shape index (κ1) is 31.6. The Hall–Kier alpha value is -2.95. The number of thioether (sulfide) groups is 1. The molecule has 2 aromatic rings. The normalized spacial score (nSPS) is 16.4. The number of hydrogen-bond donors (Lipinski definition) is 2. The second-order valence-electron chi connectivity index (χ2n) is 9.88. The lowest BCUT2D eigenvalue weighted by atomic mass is 9.88. The van der Waals surface area contributed by atoms with Crippen molar-refractivity contribution in [3.8, 4) is 11.5 Å². The molecule has 0 aromatic heterocycles. The predicted molar refractivity (Wildman–Crippen MR) is 156 cm³/mol. The van der Waals surface area contributed by atoms with Gasteiger partial charge in [0.2, 0.25) is 5.91 Å². The van der Waals surface area contributed by atoms with Crippen LogP contribution in [0.2, 0.25) is 5.02 Å². The fourth-order valence-electron chi connectivity index (χ4n) is 5.02. The first-order valence-corrected chi connectivity index (χ1v) is 14.7. The number of ether oxygens (including phenoxy) is 2. The maximum absolute atomic E-state index is 11.8. The van der Waals surface area contributed by atoms with Gasteiger partial charge in [-0.1, -0.05) is 60.8 Å². The van der Waals surface area contributed by atoms with Crippen molar-refractivity contribution in [3.05, 3.63) is 58.6 Å². The van der Waals surface area contributed by atoms with Crippen molar-refractivity contribution in [1.82, 2.24) is 9.80 Å². The van der Waals surface area contributed by atoms with Crippen molar-refractivity contribution in [2.24, 2.45) is 5.92 Å². The van der Waals surface area contributed by atoms with Gasteiger partial charge in [0, 0.05) is 24.2 Å². The maximum Gasteiger partial charge on any atom is 0.503 e. The molecule has 1 saturated carbocycles. The van der Waals surface area contributed by atoms with E-state index in [1.165, 1.54) is 42.6 Å². The van der Waals surface area contributed by atoms with Crippen LogP contribution in [0.5, 0.6) is 11.5 Å². The van der Waals surface area contributed by atoms with Crippen LogP contribution in [0.1, 0.15) is 56.2 Å². The molecule has 0 radical (unpaired) electrons. The van der Waals surface area contributed by atoms with Gasteiger partial charge in [-0.25, -0.2) is 4.79 Å². The summed E-state index contributed by atoms with van der Waals surface area (Å²) >= 11 is 7.17. The number of nitrogens with zero attached hydrogens (tertiary/aromatic N) is 2. The largest absolute Gasteiger partial charge is 0.503 e. The Balaban J connectivity index is 0.00000103. The van der Waals surface area contributed by atoms with E-state index in [1.54, 1.807) is 7.11 Å². The number of methoxy groups -OCH3 is 1. The zero-order valence-corrected chi connectivity index (χ0v) is 24.5. The first-order chi connectivity index (χ1) is 19.2. The Bertz CT molecular complexity index is 1120. The molecule has 0 spiro atoms. The van der Waals surface area contributed by atoms with E-state index < -0.39 is 6.16 Å². The number of rotatable bonds is 11. The smallest absolute Gasteiger partial charge is 0.493 e. The van der Waals surface area contributed by atoms with E-state index >= 15 is 0 Å². The number of imide groups is 1. The highest BCUT2D eigenvalue weighted by Crippen LogP contribution is 2.33. The third-order valence-corrected chi connectivity index (χ3v) is 8.25. The van der Waals surface area contributed by atoms with Gasteiger partial charge in [0.15, 0.2) is 11.5 Å². The quantitative estimate of drug-likeness (QED) is 0.291. The van der Waals surface area contributed by atoms with Gasteiger partial charge in [-0.2, -0.15) is 0 Å². The average Bonchev–Trinajstić information content (AvgIpc) is 3.26. The van der Waals surface area contributed by atoms with Gasteiger partial charge in [0.05, 0.1) is 19.4 Å². The average molecular weight is 593 g/mol. The van der Waals surface area contributed by atoms with Gasteiger partial charge in [-0.3, -0.25) is 19.4 Å². The van der Waals surface area contributed by atoms with Crippen LogP contribution < -0.4 is 9.47 Å². The molecule has 9 nitrogen and oxygen atoms in total. The number of carbonyl (C=O) groups excluding carboxylic acids is 2. The van der Waals surface area contributed by atoms with Crippen LogP contribution in [0.25, 0.3) is 0 Å². The fourth-order valence-corrected chi connectivity index (χ4v) is 5.90. The molecule has 0 unspecified atom stereocenters. The summed E-state index contributed by atoms with van der Waals surface area (Å²) in [5.41, 5.74) is 2.41. The van der Waals surface area contributed by atoms with E-state index in [0.29, 0.717) is 17.4 Å². The van der Waals surface area contributed by atoms with Crippen molar-refractivity contribution in [1.29, 1.82) is 0 Å². The second-order valence-corrected chi connectivity index (χ2v) is 11.2. The van der Waals surface area contributed by atoms with Crippen molar-refractivity contribution in [2.45, 2.75) is 51.6 Å². The Morgan fingerprint density at radius 1 is 1.10 bits per heavy atom. The summed E-state index contributed by atoms with van der Waals surface area (Å²) in [6.45, 7) is 4.59. The zero-order chi connectivity index (χ0) is 29.1. The highest BCUT2D eigenvalue weighted by Gasteiger charge is 2.29. The minimum atomic E-state index is -1.83. The molecule has 1 aliphatic heterocycles. The number of carbonyl (C=O) groups is 3. The molecule has 0 bridgehead atoms. The van der Waals surface area contributed by atoms with E-state index in [-0.39, 0.29) is 36.1 Å². The fraction of sp³-hybridized carbons (Fsp3) is 0.483. The highest BCUT2D eigenvalue weighted by molar-refractivity contribution is 8.14. The van der Waals surface area contributed by atoms with E-state index in [4.69, 9.17) is 36.1 Å². The molecular weight excluding hydrogens is 556 g/mol. The third-order valence-electron chi connectivity index (χ3n) is 7.14. The molecule has 2 amide bonds. The van der Waals surface area contributed by atoms with Gasteiger partial charge in [0.25, 0.3) is 5.24 Å². The summed E-state index contributed by atoms with van der Waals surface area (Å²) in [6.07, 6.45) is 4.74. The summed E-state index contributed by atoms with van der Waals surface area (Å²) in [4.78, 5) is 35.9. The number of amides is 2. The second kappa shape index (κ2) is 15.7. The van der Waals surface area contributed by atoms with E-state index in [9.17, 15) is 9.59 Å². The van der Waals surface area contributed by atoms with Gasteiger partial charge in [-0.05, 0) is 61.1 Å². The minimum Gasteiger partial charge on any atom is -0.493 e. The molecule has 1 saturated heterocycles. The zero-order valence-electron chi connectivity index (χ0n) is 22.9. The molecule has 4 rings (SSSR count). The molecule has 1 heterocycles. The standard InChI is InChI=1S/C28H35ClN2O4S.CH2O3/c1-20(23-9-11-24(29)12-10-23)30(17-21-6-4-3-5-7-21)18-22-8-13-25(26(16-22)34-2)35-15-14-31-27(32)19-36-28(31)33;2-1(3)4/h8-13,16,20-21H,3-7,14-15,17-19H2,1-2H3;(H2,2,3,4)/t20-;/m0./s1. The maximum atomic E-state index is 11.8. The molecule has 2 N–H and O–H groups in total. The van der Waals surface area contributed by atoms with Crippen LogP contribution in [-0.2, 0) is 11.3 Å². The highest BCUT2D eigenvalue weighted by atomic mass is 35.5. The summed E-state index contributed by atoms with van der Waals surface area (Å²) in [7, 11) is 1.63. The monoisotopic (exact) mass is 592 g/mol. The predicted octanol–water partition coefficient (Wildman–Crippen LogP) is 6.79. The van der Waals surface area contributed by atoms with Gasteiger partial charge >= 0.3 is 6.16 Å². The van der Waals surface area contributed by atoms with Crippen molar-refractivity contribution in [3.63, 3.8) is 0 Å². The van der Waals surface area contributed by atoms with Crippen LogP contribution in [0.3, 0.4) is 0 Å². The molecule has 11 heteroatoms. The Kier molecular flexibility index (Phi) is 12.4. The van der Waals surface area contributed by atoms with E-state index in [0.717, 1.165) is 35.4 Å². The summed E-state index contributed by atoms with van der Waals surface area (Å²) in [5.74, 6) is 2.02. The van der Waals surface area contributed by atoms with Crippen LogP contribution in [0.4, 0.5) is 9.59 Å². The Labute approximate surface area is 244 Å². The Morgan fingerprint density at radius 2 is 1.77 bits per heavy atom. The SMILES string of the molecule is COc1cc(CN(CC2CCCCC2)[C@@H](C)c2ccc(Cl)cc2)ccc1OCCN1C(=O)CSC1=O.O=C(O)O. The summed E-state index contributed by atoms with van der Waals surface area (Å²) < 4.78 is 11.5. The minimum absolute atomic E-state index is 0.163. The van der Waals surface area contributed by atoms with Gasteiger partial charge in [0.1, 0.15) is 6.61 Å². The topological polar surface area (TPSA) is 117 Å². The van der Waals surface area contributed by atoms with Crippen LogP contribution in [-0.4, -0.2) is 69.9 Å². The first-order valence-electron chi connectivity index (χ1n) is 13.4. The van der Waals surface area contributed by atoms with Gasteiger partial charge in [-0.15, -0.1) is 0 Å². The molecule has 1 atom stereocenters. The summed E-state index contributed by atoms with van der Waals surface area (Å²) in [6, 6.07) is 14.4. The van der Waals surface area contributed by atoms with Crippen LogP contribution in [0.15, 0.2) is 42.5 Å². The molecule has 2 aromatic carbocycles. The van der Waals surface area contributed by atoms with E-state index in [1.807, 2.05) is 24.3 Å². The van der Waals surface area contributed by atoms with Crippen molar-refractivity contribution < 1.29 is 34.1 Å². The molecule has 218 valence electrons. The number of halogens is 1. The number of carboxylic acid groups (broad SMARTS) is 2. The van der Waals surface area contributed by atoms with Crippen LogP contribution >= 0.6 is 23.4 Å².